The molecular formula is C17H16N2O3. The van der Waals surface area contributed by atoms with Crippen LogP contribution in [0.25, 0.3) is 11.1 Å². The Balaban J connectivity index is 1.62. The Bertz CT molecular complexity index is 795. The Labute approximate surface area is 127 Å². The highest BCUT2D eigenvalue weighted by atomic mass is 16.5. The van der Waals surface area contributed by atoms with Crippen molar-refractivity contribution in [2.24, 2.45) is 0 Å². The molecule has 5 nitrogen and oxygen atoms in total. The maximum atomic E-state index is 12.1. The van der Waals surface area contributed by atoms with Gasteiger partial charge in [-0.1, -0.05) is 24.3 Å². The number of oxazole rings is 1. The van der Waals surface area contributed by atoms with Crippen molar-refractivity contribution < 1.29 is 13.9 Å². The van der Waals surface area contributed by atoms with Crippen LogP contribution in [0.1, 0.15) is 11.1 Å². The molecule has 1 amide bonds. The van der Waals surface area contributed by atoms with Crippen LogP contribution in [0.4, 0.5) is 0 Å². The zero-order valence-electron chi connectivity index (χ0n) is 12.2. The Morgan fingerprint density at radius 1 is 1.27 bits per heavy atom. The lowest BCUT2D eigenvalue weighted by molar-refractivity contribution is -0.120. The molecule has 2 aromatic carbocycles. The van der Waals surface area contributed by atoms with Gasteiger partial charge in [-0.2, -0.15) is 0 Å². The molecule has 1 aromatic heterocycles. The van der Waals surface area contributed by atoms with Gasteiger partial charge in [-0.15, -0.1) is 0 Å². The quantitative estimate of drug-likeness (QED) is 0.786. The second-order valence-corrected chi connectivity index (χ2v) is 4.92. The van der Waals surface area contributed by atoms with Gasteiger partial charge in [0.15, 0.2) is 12.0 Å². The molecule has 0 spiro atoms. The van der Waals surface area contributed by atoms with Crippen molar-refractivity contribution in [1.82, 2.24) is 10.3 Å². The monoisotopic (exact) mass is 296 g/mol. The SMILES string of the molecule is COc1ccccc1CNC(=O)Cc1ccc2ncoc2c1. The van der Waals surface area contributed by atoms with Gasteiger partial charge < -0.3 is 14.5 Å². The van der Waals surface area contributed by atoms with Crippen molar-refractivity contribution in [2.75, 3.05) is 7.11 Å². The first-order valence-electron chi connectivity index (χ1n) is 6.97. The van der Waals surface area contributed by atoms with Gasteiger partial charge in [0.2, 0.25) is 5.91 Å². The lowest BCUT2D eigenvalue weighted by atomic mass is 10.1. The van der Waals surface area contributed by atoms with Crippen molar-refractivity contribution in [3.63, 3.8) is 0 Å². The maximum Gasteiger partial charge on any atom is 0.224 e. The van der Waals surface area contributed by atoms with E-state index in [1.807, 2.05) is 42.5 Å². The van der Waals surface area contributed by atoms with E-state index in [4.69, 9.17) is 9.15 Å². The summed E-state index contributed by atoms with van der Waals surface area (Å²) in [5, 5.41) is 2.90. The van der Waals surface area contributed by atoms with Crippen LogP contribution in [0, 0.1) is 0 Å². The third kappa shape index (κ3) is 3.09. The van der Waals surface area contributed by atoms with Gasteiger partial charge in [0.05, 0.1) is 13.5 Å². The van der Waals surface area contributed by atoms with Gasteiger partial charge in [-0.3, -0.25) is 4.79 Å². The molecule has 1 N–H and O–H groups in total. The minimum atomic E-state index is -0.0511. The van der Waals surface area contributed by atoms with E-state index in [9.17, 15) is 4.79 Å². The van der Waals surface area contributed by atoms with Crippen molar-refractivity contribution in [2.45, 2.75) is 13.0 Å². The molecule has 1 heterocycles. The number of para-hydroxylation sites is 1. The number of hydrogen-bond donors (Lipinski definition) is 1. The van der Waals surface area contributed by atoms with Crippen molar-refractivity contribution in [3.05, 3.63) is 60.0 Å². The smallest absolute Gasteiger partial charge is 0.224 e. The first-order valence-corrected chi connectivity index (χ1v) is 6.97. The number of fused-ring (bicyclic) bond motifs is 1. The molecule has 0 saturated heterocycles. The van der Waals surface area contributed by atoms with E-state index in [2.05, 4.69) is 10.3 Å². The van der Waals surface area contributed by atoms with Crippen LogP contribution >= 0.6 is 0 Å². The molecule has 0 aliphatic rings. The average Bonchev–Trinajstić information content (AvgIpc) is 3.01. The second kappa shape index (κ2) is 6.30. The predicted octanol–water partition coefficient (Wildman–Crippen LogP) is 2.70. The van der Waals surface area contributed by atoms with Gasteiger partial charge in [0.1, 0.15) is 11.3 Å². The Hall–Kier alpha value is -2.82. The Kier molecular flexibility index (Phi) is 4.05. The first kappa shape index (κ1) is 14.1. The molecule has 22 heavy (non-hydrogen) atoms. The number of nitrogens with one attached hydrogen (secondary N) is 1. The molecule has 0 unspecified atom stereocenters. The first-order chi connectivity index (χ1) is 10.8. The van der Waals surface area contributed by atoms with Gasteiger partial charge in [0, 0.05) is 12.1 Å². The molecule has 3 aromatic rings. The number of aromatic nitrogens is 1. The molecule has 0 radical (unpaired) electrons. The molecule has 0 saturated carbocycles. The maximum absolute atomic E-state index is 12.1. The highest BCUT2D eigenvalue weighted by molar-refractivity contribution is 5.80. The molecule has 0 aliphatic carbocycles. The number of hydrogen-bond acceptors (Lipinski definition) is 4. The highest BCUT2D eigenvalue weighted by Gasteiger charge is 2.07. The minimum Gasteiger partial charge on any atom is -0.496 e. The molecule has 112 valence electrons. The number of carbonyl (C=O) groups excluding carboxylic acids is 1. The van der Waals surface area contributed by atoms with E-state index in [1.54, 1.807) is 7.11 Å². The zero-order valence-corrected chi connectivity index (χ0v) is 12.2. The van der Waals surface area contributed by atoms with Gasteiger partial charge in [0.25, 0.3) is 0 Å². The van der Waals surface area contributed by atoms with E-state index in [-0.39, 0.29) is 5.91 Å². The number of carbonyl (C=O) groups is 1. The van der Waals surface area contributed by atoms with Crippen molar-refractivity contribution in [1.29, 1.82) is 0 Å². The molecule has 5 heteroatoms. The molecule has 0 aliphatic heterocycles. The lowest BCUT2D eigenvalue weighted by Crippen LogP contribution is -2.24. The topological polar surface area (TPSA) is 64.4 Å². The van der Waals surface area contributed by atoms with E-state index < -0.39 is 0 Å². The molecule has 0 bridgehead atoms. The number of methoxy groups -OCH3 is 1. The van der Waals surface area contributed by atoms with Crippen LogP contribution in [0.3, 0.4) is 0 Å². The predicted molar refractivity (Wildman–Crippen MR) is 82.6 cm³/mol. The number of amides is 1. The lowest BCUT2D eigenvalue weighted by Gasteiger charge is -2.09. The second-order valence-electron chi connectivity index (χ2n) is 4.92. The Morgan fingerprint density at radius 2 is 2.14 bits per heavy atom. The standard InChI is InChI=1S/C17H16N2O3/c1-21-15-5-3-2-4-13(15)10-18-17(20)9-12-6-7-14-16(8-12)22-11-19-14/h2-8,11H,9-10H2,1H3,(H,18,20). The zero-order chi connectivity index (χ0) is 15.4. The third-order valence-corrected chi connectivity index (χ3v) is 3.43. The van der Waals surface area contributed by atoms with Gasteiger partial charge in [-0.05, 0) is 23.8 Å². The summed E-state index contributed by atoms with van der Waals surface area (Å²) in [6, 6.07) is 13.2. The van der Waals surface area contributed by atoms with E-state index in [0.717, 1.165) is 22.4 Å². The fraction of sp³-hybridized carbons (Fsp3) is 0.176. The Morgan fingerprint density at radius 3 is 3.00 bits per heavy atom. The van der Waals surface area contributed by atoms with E-state index in [1.165, 1.54) is 6.39 Å². The summed E-state index contributed by atoms with van der Waals surface area (Å²) in [6.07, 6.45) is 1.70. The number of nitrogens with zero attached hydrogens (tertiary/aromatic N) is 1. The van der Waals surface area contributed by atoms with Gasteiger partial charge in [-0.25, -0.2) is 4.98 Å². The number of benzene rings is 2. The van der Waals surface area contributed by atoms with Crippen LogP contribution in [0.15, 0.2) is 53.3 Å². The van der Waals surface area contributed by atoms with E-state index >= 15 is 0 Å². The largest absolute Gasteiger partial charge is 0.496 e. The molecular weight excluding hydrogens is 280 g/mol. The fourth-order valence-electron chi connectivity index (χ4n) is 2.30. The van der Waals surface area contributed by atoms with Crippen LogP contribution in [-0.2, 0) is 17.8 Å². The van der Waals surface area contributed by atoms with Crippen molar-refractivity contribution >= 4 is 17.0 Å². The third-order valence-electron chi connectivity index (χ3n) is 3.43. The number of rotatable bonds is 5. The molecule has 3 rings (SSSR count). The summed E-state index contributed by atoms with van der Waals surface area (Å²) in [7, 11) is 1.62. The average molecular weight is 296 g/mol. The normalized spacial score (nSPS) is 10.6. The summed E-state index contributed by atoms with van der Waals surface area (Å²) in [6.45, 7) is 0.438. The summed E-state index contributed by atoms with van der Waals surface area (Å²) >= 11 is 0. The fourth-order valence-corrected chi connectivity index (χ4v) is 2.30. The van der Waals surface area contributed by atoms with Crippen LogP contribution < -0.4 is 10.1 Å². The van der Waals surface area contributed by atoms with Crippen LogP contribution in [0.2, 0.25) is 0 Å². The summed E-state index contributed by atoms with van der Waals surface area (Å²) < 4.78 is 10.5. The number of ether oxygens (including phenoxy) is 1. The van der Waals surface area contributed by atoms with E-state index in [0.29, 0.717) is 18.5 Å². The summed E-state index contributed by atoms with van der Waals surface area (Å²) in [4.78, 5) is 16.1. The molecule has 0 fully saturated rings. The van der Waals surface area contributed by atoms with Crippen LogP contribution in [-0.4, -0.2) is 18.0 Å². The highest BCUT2D eigenvalue weighted by Crippen LogP contribution is 2.17. The van der Waals surface area contributed by atoms with Crippen LogP contribution in [0.5, 0.6) is 5.75 Å². The van der Waals surface area contributed by atoms with Crippen molar-refractivity contribution in [3.8, 4) is 5.75 Å². The summed E-state index contributed by atoms with van der Waals surface area (Å²) in [5.41, 5.74) is 3.32. The minimum absolute atomic E-state index is 0.0511. The summed E-state index contributed by atoms with van der Waals surface area (Å²) in [5.74, 6) is 0.718. The van der Waals surface area contributed by atoms with Gasteiger partial charge >= 0.3 is 0 Å². The molecule has 0 atom stereocenters.